The molecule has 2 aromatic heterocycles. The Hall–Kier alpha value is -1.39. The molecule has 0 aliphatic rings. The van der Waals surface area contributed by atoms with E-state index in [4.69, 9.17) is 5.73 Å². The molecule has 2 N–H and O–H groups in total. The Morgan fingerprint density at radius 2 is 2.17 bits per heavy atom. The molecule has 0 aromatic carbocycles. The molecule has 18 heavy (non-hydrogen) atoms. The van der Waals surface area contributed by atoms with E-state index in [1.807, 2.05) is 41.1 Å². The lowest BCUT2D eigenvalue weighted by Crippen LogP contribution is -2.28. The Balaban J connectivity index is 2.61. The highest BCUT2D eigenvalue weighted by atomic mass is 32.1. The first kappa shape index (κ1) is 13.1. The zero-order chi connectivity index (χ0) is 13.1. The number of thiophene rings is 1. The number of pyridine rings is 1. The van der Waals surface area contributed by atoms with E-state index >= 15 is 0 Å². The first-order chi connectivity index (χ1) is 8.65. The lowest BCUT2D eigenvalue weighted by atomic mass is 10.1. The molecule has 2 rings (SSSR count). The van der Waals surface area contributed by atoms with Crippen LogP contribution in [0.1, 0.15) is 31.9 Å². The Kier molecular flexibility index (Phi) is 3.99. The minimum atomic E-state index is -0.224. The fourth-order valence-corrected chi connectivity index (χ4v) is 2.79. The van der Waals surface area contributed by atoms with Crippen LogP contribution in [0, 0.1) is 0 Å². The third kappa shape index (κ3) is 2.40. The summed E-state index contributed by atoms with van der Waals surface area (Å²) < 4.78 is 1.84. The van der Waals surface area contributed by atoms with Crippen LogP contribution < -0.4 is 11.3 Å². The lowest BCUT2D eigenvalue weighted by Gasteiger charge is -2.14. The summed E-state index contributed by atoms with van der Waals surface area (Å²) in [5, 5.41) is 2.02. The van der Waals surface area contributed by atoms with Crippen molar-refractivity contribution in [3.8, 4) is 10.6 Å². The van der Waals surface area contributed by atoms with Crippen molar-refractivity contribution in [1.82, 2.24) is 4.57 Å². The van der Waals surface area contributed by atoms with Gasteiger partial charge in [0, 0.05) is 18.2 Å². The van der Waals surface area contributed by atoms with Gasteiger partial charge in [-0.05, 0) is 36.9 Å². The normalized spacial score (nSPS) is 12.6. The van der Waals surface area contributed by atoms with Crippen LogP contribution in [0.4, 0.5) is 0 Å². The average Bonchev–Trinajstić information content (AvgIpc) is 2.84. The Bertz CT molecular complexity index is 570. The van der Waals surface area contributed by atoms with Crippen LogP contribution in [0.15, 0.2) is 34.4 Å². The Morgan fingerprint density at radius 1 is 1.39 bits per heavy atom. The van der Waals surface area contributed by atoms with Gasteiger partial charge in [-0.2, -0.15) is 0 Å². The number of hydrogen-bond acceptors (Lipinski definition) is 3. The van der Waals surface area contributed by atoms with Crippen molar-refractivity contribution < 1.29 is 0 Å². The van der Waals surface area contributed by atoms with E-state index < -0.39 is 0 Å². The first-order valence-corrected chi connectivity index (χ1v) is 7.06. The monoisotopic (exact) mass is 262 g/mol. The molecule has 0 aliphatic heterocycles. The molecular weight excluding hydrogens is 244 g/mol. The maximum Gasteiger partial charge on any atom is 0.255 e. The summed E-state index contributed by atoms with van der Waals surface area (Å²) in [6, 6.07) is 7.67. The minimum absolute atomic E-state index is 0.0396. The fourth-order valence-electron chi connectivity index (χ4n) is 2.03. The van der Waals surface area contributed by atoms with Gasteiger partial charge >= 0.3 is 0 Å². The summed E-state index contributed by atoms with van der Waals surface area (Å²) in [5.74, 6) is 0. The number of nitrogens with zero attached hydrogens (tertiary/aromatic N) is 1. The zero-order valence-corrected chi connectivity index (χ0v) is 11.5. The van der Waals surface area contributed by atoms with Crippen LogP contribution >= 0.6 is 11.3 Å². The molecule has 2 aromatic rings. The van der Waals surface area contributed by atoms with Crippen molar-refractivity contribution in [2.75, 3.05) is 0 Å². The summed E-state index contributed by atoms with van der Waals surface area (Å²) in [4.78, 5) is 13.5. The molecule has 1 unspecified atom stereocenters. The van der Waals surface area contributed by atoms with Gasteiger partial charge in [-0.15, -0.1) is 11.3 Å². The van der Waals surface area contributed by atoms with Crippen LogP contribution in [0.25, 0.3) is 10.6 Å². The smallest absolute Gasteiger partial charge is 0.255 e. The summed E-state index contributed by atoms with van der Waals surface area (Å²) >= 11 is 1.65. The summed E-state index contributed by atoms with van der Waals surface area (Å²) in [6.07, 6.45) is 0.931. The molecule has 0 spiro atoms. The van der Waals surface area contributed by atoms with E-state index in [1.165, 1.54) is 0 Å². The van der Waals surface area contributed by atoms with E-state index in [0.717, 1.165) is 23.5 Å². The second-order valence-electron chi connectivity index (χ2n) is 4.40. The highest BCUT2D eigenvalue weighted by Gasteiger charge is 2.12. The molecule has 0 saturated carbocycles. The predicted molar refractivity (Wildman–Crippen MR) is 76.9 cm³/mol. The van der Waals surface area contributed by atoms with Gasteiger partial charge in [-0.3, -0.25) is 4.79 Å². The lowest BCUT2D eigenvalue weighted by molar-refractivity contribution is 0.644. The molecule has 2 heterocycles. The van der Waals surface area contributed by atoms with E-state index in [9.17, 15) is 4.79 Å². The maximum absolute atomic E-state index is 12.4. The van der Waals surface area contributed by atoms with E-state index in [2.05, 4.69) is 6.92 Å². The zero-order valence-electron chi connectivity index (χ0n) is 10.7. The van der Waals surface area contributed by atoms with Gasteiger partial charge in [0.25, 0.3) is 5.56 Å². The number of hydrogen-bond donors (Lipinski definition) is 1. The van der Waals surface area contributed by atoms with Gasteiger partial charge in [0.2, 0.25) is 0 Å². The third-order valence-corrected chi connectivity index (χ3v) is 3.81. The molecule has 4 heteroatoms. The highest BCUT2D eigenvalue weighted by Crippen LogP contribution is 2.24. The predicted octanol–water partition coefficient (Wildman–Crippen LogP) is 3.01. The van der Waals surface area contributed by atoms with Crippen LogP contribution in [-0.2, 0) is 6.54 Å². The molecule has 0 radical (unpaired) electrons. The molecule has 0 amide bonds. The highest BCUT2D eigenvalue weighted by molar-refractivity contribution is 7.13. The fraction of sp³-hybridized carbons (Fsp3) is 0.357. The first-order valence-electron chi connectivity index (χ1n) is 6.18. The molecule has 0 fully saturated rings. The van der Waals surface area contributed by atoms with Crippen molar-refractivity contribution >= 4 is 11.3 Å². The van der Waals surface area contributed by atoms with Gasteiger partial charge in [-0.1, -0.05) is 13.0 Å². The summed E-state index contributed by atoms with van der Waals surface area (Å²) in [6.45, 7) is 4.65. The molecule has 96 valence electrons. The van der Waals surface area contributed by atoms with Gasteiger partial charge in [0.05, 0.1) is 10.6 Å². The van der Waals surface area contributed by atoms with E-state index in [1.54, 1.807) is 11.3 Å². The van der Waals surface area contributed by atoms with Crippen LogP contribution in [0.2, 0.25) is 0 Å². The van der Waals surface area contributed by atoms with Crippen molar-refractivity contribution in [3.05, 3.63) is 45.6 Å². The van der Waals surface area contributed by atoms with E-state index in [0.29, 0.717) is 5.56 Å². The average molecular weight is 262 g/mol. The van der Waals surface area contributed by atoms with Crippen LogP contribution in [0.3, 0.4) is 0 Å². The molecule has 3 nitrogen and oxygen atoms in total. The minimum Gasteiger partial charge on any atom is -0.324 e. The van der Waals surface area contributed by atoms with Crippen molar-refractivity contribution in [3.63, 3.8) is 0 Å². The Morgan fingerprint density at radius 3 is 2.72 bits per heavy atom. The maximum atomic E-state index is 12.4. The van der Waals surface area contributed by atoms with Crippen molar-refractivity contribution in [2.45, 2.75) is 32.9 Å². The summed E-state index contributed by atoms with van der Waals surface area (Å²) in [7, 11) is 0. The van der Waals surface area contributed by atoms with Crippen LogP contribution in [-0.4, -0.2) is 4.57 Å². The molecule has 0 aliphatic carbocycles. The quantitative estimate of drug-likeness (QED) is 0.920. The Labute approximate surface area is 111 Å². The van der Waals surface area contributed by atoms with Gasteiger partial charge in [0.15, 0.2) is 0 Å². The van der Waals surface area contributed by atoms with Crippen molar-refractivity contribution in [1.29, 1.82) is 0 Å². The largest absolute Gasteiger partial charge is 0.324 e. The topological polar surface area (TPSA) is 48.0 Å². The second-order valence-corrected chi connectivity index (χ2v) is 5.34. The standard InChI is InChI=1S/C14H18N2OS/c1-3-8-16-12(13-5-4-9-18-13)7-6-11(10(2)15)14(16)17/h4-7,9-10H,3,8,15H2,1-2H3. The third-order valence-electron chi connectivity index (χ3n) is 2.92. The van der Waals surface area contributed by atoms with Gasteiger partial charge in [0.1, 0.15) is 0 Å². The number of rotatable bonds is 4. The number of aromatic nitrogens is 1. The molecular formula is C14H18N2OS. The van der Waals surface area contributed by atoms with Crippen molar-refractivity contribution in [2.24, 2.45) is 5.73 Å². The summed E-state index contributed by atoms with van der Waals surface area (Å²) in [5.41, 5.74) is 7.55. The molecule has 0 bridgehead atoms. The van der Waals surface area contributed by atoms with E-state index in [-0.39, 0.29) is 11.6 Å². The molecule has 0 saturated heterocycles. The molecule has 1 atom stereocenters. The van der Waals surface area contributed by atoms with Gasteiger partial charge in [-0.25, -0.2) is 0 Å². The second kappa shape index (κ2) is 5.50. The SMILES string of the molecule is CCCn1c(-c2cccs2)ccc(C(C)N)c1=O. The van der Waals surface area contributed by atoms with Crippen LogP contribution in [0.5, 0.6) is 0 Å². The van der Waals surface area contributed by atoms with Gasteiger partial charge < -0.3 is 10.3 Å². The number of nitrogens with two attached hydrogens (primary N) is 1.